The minimum atomic E-state index is -0.363. The Bertz CT molecular complexity index is 585. The number of anilines is 2. The van der Waals surface area contributed by atoms with Gasteiger partial charge in [-0.1, -0.05) is 6.07 Å². The van der Waals surface area contributed by atoms with Crippen LogP contribution in [-0.2, 0) is 11.3 Å². The summed E-state index contributed by atoms with van der Waals surface area (Å²) in [5.41, 5.74) is 8.74. The minimum Gasteiger partial charge on any atom is -0.462 e. The molecule has 1 heterocycles. The van der Waals surface area contributed by atoms with Crippen LogP contribution in [0.1, 0.15) is 22.8 Å². The van der Waals surface area contributed by atoms with E-state index in [-0.39, 0.29) is 5.97 Å². The van der Waals surface area contributed by atoms with Gasteiger partial charge < -0.3 is 15.8 Å². The molecule has 3 N–H and O–H groups in total. The molecule has 5 heteroatoms. The topological polar surface area (TPSA) is 77.2 Å². The number of nitrogens with two attached hydrogens (primary N) is 1. The predicted octanol–water partition coefficient (Wildman–Crippen LogP) is 2.45. The third kappa shape index (κ3) is 3.47. The highest BCUT2D eigenvalue weighted by Gasteiger charge is 2.08. The normalized spacial score (nSPS) is 10.1. The molecule has 0 saturated heterocycles. The summed E-state index contributed by atoms with van der Waals surface area (Å²) < 4.78 is 4.93. The first-order valence-corrected chi connectivity index (χ1v) is 6.40. The van der Waals surface area contributed by atoms with Gasteiger partial charge in [0.05, 0.1) is 23.5 Å². The Morgan fingerprint density at radius 1 is 1.40 bits per heavy atom. The summed E-state index contributed by atoms with van der Waals surface area (Å²) in [6, 6.07) is 8.94. The van der Waals surface area contributed by atoms with Crippen LogP contribution >= 0.6 is 0 Å². The van der Waals surface area contributed by atoms with Gasteiger partial charge in [-0.2, -0.15) is 0 Å². The zero-order valence-electron chi connectivity index (χ0n) is 11.3. The molecule has 0 aliphatic heterocycles. The lowest BCUT2D eigenvalue weighted by atomic mass is 10.1. The van der Waals surface area contributed by atoms with Gasteiger partial charge in [-0.25, -0.2) is 4.79 Å². The predicted molar refractivity (Wildman–Crippen MR) is 78.4 cm³/mol. The molecule has 0 amide bonds. The smallest absolute Gasteiger partial charge is 0.338 e. The van der Waals surface area contributed by atoms with Crippen molar-refractivity contribution in [1.29, 1.82) is 0 Å². The van der Waals surface area contributed by atoms with Crippen LogP contribution in [-0.4, -0.2) is 17.6 Å². The number of nitrogens with zero attached hydrogens (tertiary/aromatic N) is 1. The van der Waals surface area contributed by atoms with E-state index in [9.17, 15) is 4.79 Å². The summed E-state index contributed by atoms with van der Waals surface area (Å²) in [6.07, 6.45) is 3.52. The Morgan fingerprint density at radius 3 is 2.90 bits per heavy atom. The van der Waals surface area contributed by atoms with Crippen molar-refractivity contribution in [3.63, 3.8) is 0 Å². The molecule has 0 saturated carbocycles. The van der Waals surface area contributed by atoms with Crippen molar-refractivity contribution >= 4 is 17.3 Å². The maximum Gasteiger partial charge on any atom is 0.338 e. The summed E-state index contributed by atoms with van der Waals surface area (Å²) in [7, 11) is 0. The number of carbonyl (C=O) groups is 1. The molecular weight excluding hydrogens is 254 g/mol. The molecule has 0 spiro atoms. The second kappa shape index (κ2) is 6.56. The van der Waals surface area contributed by atoms with Crippen molar-refractivity contribution in [2.75, 3.05) is 17.7 Å². The summed E-state index contributed by atoms with van der Waals surface area (Å²) in [5, 5.41) is 3.21. The van der Waals surface area contributed by atoms with E-state index in [2.05, 4.69) is 10.3 Å². The van der Waals surface area contributed by atoms with Crippen LogP contribution in [0.4, 0.5) is 11.4 Å². The van der Waals surface area contributed by atoms with Gasteiger partial charge in [0.1, 0.15) is 0 Å². The number of esters is 1. The fourth-order valence-electron chi connectivity index (χ4n) is 1.77. The number of nitrogens with one attached hydrogen (secondary N) is 1. The lowest BCUT2D eigenvalue weighted by Gasteiger charge is -2.10. The molecule has 0 aliphatic rings. The molecule has 0 radical (unpaired) electrons. The molecule has 104 valence electrons. The summed E-state index contributed by atoms with van der Waals surface area (Å²) in [6.45, 7) is 2.74. The average Bonchev–Trinajstić information content (AvgIpc) is 2.47. The van der Waals surface area contributed by atoms with Gasteiger partial charge in [0.25, 0.3) is 0 Å². The van der Waals surface area contributed by atoms with E-state index in [0.717, 1.165) is 11.3 Å². The third-order valence-corrected chi connectivity index (χ3v) is 2.77. The monoisotopic (exact) mass is 271 g/mol. The van der Waals surface area contributed by atoms with Gasteiger partial charge in [0, 0.05) is 18.9 Å². The first-order chi connectivity index (χ1) is 9.70. The Balaban J connectivity index is 2.04. The largest absolute Gasteiger partial charge is 0.462 e. The van der Waals surface area contributed by atoms with Crippen molar-refractivity contribution < 1.29 is 9.53 Å². The second-order valence-electron chi connectivity index (χ2n) is 4.24. The Hall–Kier alpha value is -2.56. The standard InChI is InChI=1S/C15H17N3O2/c1-2-20-15(19)12-5-6-14(13(16)8-12)18-10-11-4-3-7-17-9-11/h3-9,18H,2,10,16H2,1H3. The molecule has 0 aliphatic carbocycles. The molecule has 2 rings (SSSR count). The highest BCUT2D eigenvalue weighted by Crippen LogP contribution is 2.21. The van der Waals surface area contributed by atoms with Crippen LogP contribution in [0.5, 0.6) is 0 Å². The van der Waals surface area contributed by atoms with Crippen molar-refractivity contribution in [3.05, 3.63) is 53.9 Å². The van der Waals surface area contributed by atoms with Crippen LogP contribution in [0.25, 0.3) is 0 Å². The van der Waals surface area contributed by atoms with Gasteiger partial charge in [-0.15, -0.1) is 0 Å². The van der Waals surface area contributed by atoms with Crippen LogP contribution < -0.4 is 11.1 Å². The Labute approximate surface area is 117 Å². The number of hydrogen-bond acceptors (Lipinski definition) is 5. The van der Waals surface area contributed by atoms with Crippen LogP contribution in [0.3, 0.4) is 0 Å². The van der Waals surface area contributed by atoms with Crippen molar-refractivity contribution in [2.45, 2.75) is 13.5 Å². The number of ether oxygens (including phenoxy) is 1. The fourth-order valence-corrected chi connectivity index (χ4v) is 1.77. The van der Waals surface area contributed by atoms with Crippen molar-refractivity contribution in [1.82, 2.24) is 4.98 Å². The van der Waals surface area contributed by atoms with E-state index in [4.69, 9.17) is 10.5 Å². The van der Waals surface area contributed by atoms with Crippen LogP contribution in [0.15, 0.2) is 42.7 Å². The van der Waals surface area contributed by atoms with E-state index in [1.165, 1.54) is 0 Å². The summed E-state index contributed by atoms with van der Waals surface area (Å²) >= 11 is 0. The lowest BCUT2D eigenvalue weighted by molar-refractivity contribution is 0.0526. The van der Waals surface area contributed by atoms with Crippen LogP contribution in [0, 0.1) is 0 Å². The first-order valence-electron chi connectivity index (χ1n) is 6.40. The number of rotatable bonds is 5. The maximum atomic E-state index is 11.6. The quantitative estimate of drug-likeness (QED) is 0.645. The number of pyridine rings is 1. The maximum absolute atomic E-state index is 11.6. The average molecular weight is 271 g/mol. The molecular formula is C15H17N3O2. The highest BCUT2D eigenvalue weighted by molar-refractivity contribution is 5.91. The van der Waals surface area contributed by atoms with E-state index < -0.39 is 0 Å². The molecule has 5 nitrogen and oxygen atoms in total. The molecule has 20 heavy (non-hydrogen) atoms. The minimum absolute atomic E-state index is 0.347. The fraction of sp³-hybridized carbons (Fsp3) is 0.200. The van der Waals surface area contributed by atoms with Gasteiger partial charge in [0.2, 0.25) is 0 Å². The molecule has 0 atom stereocenters. The van der Waals surface area contributed by atoms with E-state index in [1.54, 1.807) is 37.5 Å². The summed E-state index contributed by atoms with van der Waals surface area (Å²) in [5.74, 6) is -0.363. The number of benzene rings is 1. The zero-order chi connectivity index (χ0) is 14.4. The van der Waals surface area contributed by atoms with Crippen LogP contribution in [0.2, 0.25) is 0 Å². The zero-order valence-corrected chi connectivity index (χ0v) is 11.3. The van der Waals surface area contributed by atoms with Gasteiger partial charge in [-0.05, 0) is 36.8 Å². The SMILES string of the molecule is CCOC(=O)c1ccc(NCc2cccnc2)c(N)c1. The van der Waals surface area contributed by atoms with E-state index >= 15 is 0 Å². The lowest BCUT2D eigenvalue weighted by Crippen LogP contribution is -2.07. The number of carbonyl (C=O) groups excluding carboxylic acids is 1. The van der Waals surface area contributed by atoms with Crippen molar-refractivity contribution in [3.8, 4) is 0 Å². The molecule has 1 aromatic heterocycles. The summed E-state index contributed by atoms with van der Waals surface area (Å²) in [4.78, 5) is 15.6. The molecule has 1 aromatic carbocycles. The Morgan fingerprint density at radius 2 is 2.25 bits per heavy atom. The number of nitrogen functional groups attached to an aromatic ring is 1. The number of aromatic nitrogens is 1. The van der Waals surface area contributed by atoms with E-state index in [0.29, 0.717) is 24.4 Å². The molecule has 0 fully saturated rings. The highest BCUT2D eigenvalue weighted by atomic mass is 16.5. The second-order valence-corrected chi connectivity index (χ2v) is 4.24. The first kappa shape index (κ1) is 13.9. The Kier molecular flexibility index (Phi) is 4.55. The van der Waals surface area contributed by atoms with Gasteiger partial charge in [-0.3, -0.25) is 4.98 Å². The molecule has 0 bridgehead atoms. The molecule has 0 unspecified atom stereocenters. The third-order valence-electron chi connectivity index (χ3n) is 2.77. The van der Waals surface area contributed by atoms with Gasteiger partial charge in [0.15, 0.2) is 0 Å². The van der Waals surface area contributed by atoms with Crippen molar-refractivity contribution in [2.24, 2.45) is 0 Å². The van der Waals surface area contributed by atoms with Gasteiger partial charge >= 0.3 is 5.97 Å². The van der Waals surface area contributed by atoms with E-state index in [1.807, 2.05) is 12.1 Å². The molecule has 2 aromatic rings. The number of hydrogen-bond donors (Lipinski definition) is 2.